The van der Waals surface area contributed by atoms with Gasteiger partial charge in [0.2, 0.25) is 0 Å². The van der Waals surface area contributed by atoms with Gasteiger partial charge in [0.25, 0.3) is 0 Å². The van der Waals surface area contributed by atoms with Gasteiger partial charge in [-0.15, -0.1) is 11.3 Å². The number of para-hydroxylation sites is 2. The number of anilines is 3. The second-order valence-electron chi connectivity index (χ2n) is 14.1. The average molecular weight is 719 g/mol. The molecule has 2 nitrogen and oxygen atoms in total. The Hall–Kier alpha value is -6.94. The number of fused-ring (bicyclic) bond motifs is 7. The maximum atomic E-state index is 2.39. The van der Waals surface area contributed by atoms with Crippen LogP contribution in [0, 0.1) is 0 Å². The number of hydrogen-bond acceptors (Lipinski definition) is 2. The fourth-order valence-electron chi connectivity index (χ4n) is 8.48. The van der Waals surface area contributed by atoms with Crippen molar-refractivity contribution in [3.05, 3.63) is 206 Å². The summed E-state index contributed by atoms with van der Waals surface area (Å²) in [6, 6.07) is 75.1. The summed E-state index contributed by atoms with van der Waals surface area (Å²) in [7, 11) is 0. The Morgan fingerprint density at radius 2 is 0.891 bits per heavy atom. The minimum Gasteiger partial charge on any atom is -0.310 e. The summed E-state index contributed by atoms with van der Waals surface area (Å²) in [5.41, 5.74) is 11.8. The van der Waals surface area contributed by atoms with Gasteiger partial charge in [-0.25, -0.2) is 0 Å². The first-order valence-electron chi connectivity index (χ1n) is 18.8. The molecule has 258 valence electrons. The predicted octanol–water partition coefficient (Wildman–Crippen LogP) is 15.1. The lowest BCUT2D eigenvalue weighted by molar-refractivity contribution is 1.17. The Labute approximate surface area is 323 Å². The molecule has 11 aromatic rings. The molecule has 9 aromatic carbocycles. The van der Waals surface area contributed by atoms with Crippen LogP contribution in [0.5, 0.6) is 0 Å². The predicted molar refractivity (Wildman–Crippen MR) is 237 cm³/mol. The normalized spacial score (nSPS) is 11.6. The molecule has 0 aliphatic rings. The summed E-state index contributed by atoms with van der Waals surface area (Å²) in [5.74, 6) is 0. The van der Waals surface area contributed by atoms with Gasteiger partial charge in [-0.3, -0.25) is 0 Å². The minimum absolute atomic E-state index is 1.11. The Kier molecular flexibility index (Phi) is 7.39. The van der Waals surface area contributed by atoms with Crippen LogP contribution in [0.25, 0.3) is 80.7 Å². The zero-order chi connectivity index (χ0) is 36.3. The second-order valence-corrected chi connectivity index (χ2v) is 15.2. The summed E-state index contributed by atoms with van der Waals surface area (Å²) in [6.07, 6.45) is 0. The third-order valence-electron chi connectivity index (χ3n) is 11.0. The highest BCUT2D eigenvalue weighted by Crippen LogP contribution is 2.43. The third kappa shape index (κ3) is 5.24. The zero-order valence-electron chi connectivity index (χ0n) is 29.9. The van der Waals surface area contributed by atoms with E-state index in [1.54, 1.807) is 0 Å². The van der Waals surface area contributed by atoms with Crippen LogP contribution in [0.15, 0.2) is 206 Å². The van der Waals surface area contributed by atoms with Crippen molar-refractivity contribution < 1.29 is 0 Å². The molecule has 0 saturated carbocycles. The molecule has 0 spiro atoms. The monoisotopic (exact) mass is 718 g/mol. The minimum atomic E-state index is 1.11. The number of rotatable bonds is 6. The molecule has 0 aliphatic carbocycles. The van der Waals surface area contributed by atoms with E-state index in [-0.39, 0.29) is 0 Å². The van der Waals surface area contributed by atoms with E-state index in [0.717, 1.165) is 22.7 Å². The summed E-state index contributed by atoms with van der Waals surface area (Å²) in [6.45, 7) is 0. The van der Waals surface area contributed by atoms with Crippen LogP contribution in [0.3, 0.4) is 0 Å². The largest absolute Gasteiger partial charge is 0.310 e. The molecule has 55 heavy (non-hydrogen) atoms. The van der Waals surface area contributed by atoms with E-state index in [9.17, 15) is 0 Å². The van der Waals surface area contributed by atoms with Crippen LogP contribution >= 0.6 is 11.3 Å². The quantitative estimate of drug-likeness (QED) is 0.166. The van der Waals surface area contributed by atoms with Crippen molar-refractivity contribution in [2.24, 2.45) is 0 Å². The van der Waals surface area contributed by atoms with Crippen molar-refractivity contribution in [3.8, 4) is 27.9 Å². The van der Waals surface area contributed by atoms with E-state index in [1.807, 2.05) is 11.3 Å². The van der Waals surface area contributed by atoms with Crippen molar-refractivity contribution in [1.29, 1.82) is 0 Å². The Balaban J connectivity index is 1.05. The third-order valence-corrected chi connectivity index (χ3v) is 12.1. The maximum Gasteiger partial charge on any atom is 0.0541 e. The van der Waals surface area contributed by atoms with Gasteiger partial charge < -0.3 is 9.47 Å². The highest BCUT2D eigenvalue weighted by molar-refractivity contribution is 7.25. The summed E-state index contributed by atoms with van der Waals surface area (Å²) >= 11 is 1.86. The maximum absolute atomic E-state index is 2.39. The van der Waals surface area contributed by atoms with E-state index >= 15 is 0 Å². The first-order chi connectivity index (χ1) is 27.3. The van der Waals surface area contributed by atoms with Gasteiger partial charge in [0.15, 0.2) is 0 Å². The topological polar surface area (TPSA) is 8.17 Å². The van der Waals surface area contributed by atoms with Crippen LogP contribution in [0.2, 0.25) is 0 Å². The highest BCUT2D eigenvalue weighted by atomic mass is 32.1. The number of nitrogens with zero attached hydrogens (tertiary/aromatic N) is 2. The van der Waals surface area contributed by atoms with Crippen LogP contribution < -0.4 is 4.90 Å². The molecule has 0 unspecified atom stereocenters. The van der Waals surface area contributed by atoms with E-state index in [1.165, 1.54) is 75.0 Å². The molecule has 0 aliphatic heterocycles. The van der Waals surface area contributed by atoms with Gasteiger partial charge in [0.1, 0.15) is 0 Å². The Bertz CT molecular complexity index is 3130. The molecule has 11 rings (SSSR count). The lowest BCUT2D eigenvalue weighted by Gasteiger charge is -2.26. The highest BCUT2D eigenvalue weighted by Gasteiger charge is 2.18. The van der Waals surface area contributed by atoms with Crippen LogP contribution in [0.1, 0.15) is 0 Å². The lowest BCUT2D eigenvalue weighted by Crippen LogP contribution is -2.10. The van der Waals surface area contributed by atoms with Crippen molar-refractivity contribution >= 4 is 81.1 Å². The van der Waals surface area contributed by atoms with Gasteiger partial charge in [-0.05, 0) is 99.8 Å². The number of benzene rings is 9. The SMILES string of the molecule is c1ccc(-c2cccc3cccc(-c4ccc(N(c5ccc(-n6c7ccccc7c7ccccc76)cc5)c5ccc6c(c5)sc5ccccc56)cc4)c23)cc1. The molecule has 0 N–H and O–H groups in total. The molecule has 2 aromatic heterocycles. The molecule has 0 fully saturated rings. The van der Waals surface area contributed by atoms with Crippen molar-refractivity contribution in [3.63, 3.8) is 0 Å². The molecular formula is C52H34N2S. The van der Waals surface area contributed by atoms with Crippen LogP contribution in [0.4, 0.5) is 17.1 Å². The smallest absolute Gasteiger partial charge is 0.0541 e. The molecule has 0 bridgehead atoms. The van der Waals surface area contributed by atoms with E-state index in [4.69, 9.17) is 0 Å². The van der Waals surface area contributed by atoms with E-state index < -0.39 is 0 Å². The molecule has 0 amide bonds. The van der Waals surface area contributed by atoms with Crippen molar-refractivity contribution in [2.75, 3.05) is 4.90 Å². The summed E-state index contributed by atoms with van der Waals surface area (Å²) in [5, 5.41) is 7.66. The lowest BCUT2D eigenvalue weighted by atomic mass is 9.91. The molecule has 2 heterocycles. The van der Waals surface area contributed by atoms with Crippen LogP contribution in [-0.4, -0.2) is 4.57 Å². The average Bonchev–Trinajstić information content (AvgIpc) is 3.80. The summed E-state index contributed by atoms with van der Waals surface area (Å²) in [4.78, 5) is 2.39. The van der Waals surface area contributed by atoms with Crippen molar-refractivity contribution in [1.82, 2.24) is 4.57 Å². The fourth-order valence-corrected chi connectivity index (χ4v) is 9.62. The van der Waals surface area contributed by atoms with Gasteiger partial charge in [0.05, 0.1) is 11.0 Å². The molecule has 3 heteroatoms. The van der Waals surface area contributed by atoms with E-state index in [2.05, 4.69) is 216 Å². The number of aromatic nitrogens is 1. The molecule has 0 atom stereocenters. The second kappa shape index (κ2) is 12.9. The van der Waals surface area contributed by atoms with E-state index in [0.29, 0.717) is 0 Å². The van der Waals surface area contributed by atoms with Crippen molar-refractivity contribution in [2.45, 2.75) is 0 Å². The number of thiophene rings is 1. The van der Waals surface area contributed by atoms with Crippen LogP contribution in [-0.2, 0) is 0 Å². The Morgan fingerprint density at radius 1 is 0.364 bits per heavy atom. The summed E-state index contributed by atoms with van der Waals surface area (Å²) < 4.78 is 4.97. The molecular weight excluding hydrogens is 685 g/mol. The van der Waals surface area contributed by atoms with Gasteiger partial charge >= 0.3 is 0 Å². The zero-order valence-corrected chi connectivity index (χ0v) is 30.7. The first kappa shape index (κ1) is 31.6. The van der Waals surface area contributed by atoms with Gasteiger partial charge in [0, 0.05) is 53.7 Å². The Morgan fingerprint density at radius 3 is 1.56 bits per heavy atom. The standard InChI is InChI=1S/C52H34N2S/c1-2-12-35(13-3-1)42-19-10-14-37-15-11-20-43(52(37)42)36-24-26-38(27-25-36)53(41-32-33-47-46-18-6-9-23-50(46)55-51(47)34-41)39-28-30-40(31-29-39)54-48-21-7-4-16-44(48)45-17-5-8-22-49(45)54/h1-34H. The fraction of sp³-hybridized carbons (Fsp3) is 0. The van der Waals surface area contributed by atoms with Gasteiger partial charge in [-0.2, -0.15) is 0 Å². The van der Waals surface area contributed by atoms with Gasteiger partial charge in [-0.1, -0.05) is 140 Å². The first-order valence-corrected chi connectivity index (χ1v) is 19.6. The number of hydrogen-bond donors (Lipinski definition) is 0. The molecule has 0 saturated heterocycles. The molecule has 0 radical (unpaired) electrons.